The number of benzene rings is 2. The molecule has 1 aliphatic heterocycles. The largest absolute Gasteiger partial charge is 0.504 e. The predicted octanol–water partition coefficient (Wildman–Crippen LogP) is 4.04. The number of hydrogen-bond acceptors (Lipinski definition) is 7. The number of phenols is 1. The standard InChI is InChI=1S/C24H20Br2N2O5S/c1-4-33-23(31)19-12(2)27-24-28(20(19)13-5-7-15(25)8-6-13)22(30)18(34-24)10-14-9-16(26)11-17(32-3)21(14)29/h5-11,20,29H,4H2,1-3H3/b18-10-/t20-/m0/s1. The van der Waals surface area contributed by atoms with Crippen LogP contribution < -0.4 is 19.6 Å². The summed E-state index contributed by atoms with van der Waals surface area (Å²) < 4.78 is 13.9. The molecule has 0 aliphatic carbocycles. The fraction of sp³-hybridized carbons (Fsp3) is 0.208. The number of ether oxygens (including phenoxy) is 2. The Hall–Kier alpha value is -2.69. The molecule has 0 radical (unpaired) electrons. The van der Waals surface area contributed by atoms with Crippen molar-refractivity contribution in [3.05, 3.63) is 87.4 Å². The second-order valence-corrected chi connectivity index (χ2v) is 10.2. The van der Waals surface area contributed by atoms with Gasteiger partial charge in [-0.25, -0.2) is 9.79 Å². The van der Waals surface area contributed by atoms with E-state index in [1.807, 2.05) is 24.3 Å². The van der Waals surface area contributed by atoms with Gasteiger partial charge < -0.3 is 14.6 Å². The number of methoxy groups -OCH3 is 1. The Morgan fingerprint density at radius 2 is 1.94 bits per heavy atom. The number of fused-ring (bicyclic) bond motifs is 1. The summed E-state index contributed by atoms with van der Waals surface area (Å²) in [4.78, 5) is 31.5. The monoisotopic (exact) mass is 606 g/mol. The smallest absolute Gasteiger partial charge is 0.338 e. The third-order valence-electron chi connectivity index (χ3n) is 5.28. The molecule has 0 spiro atoms. The number of hydrogen-bond donors (Lipinski definition) is 1. The van der Waals surface area contributed by atoms with Gasteiger partial charge in [-0.1, -0.05) is 55.3 Å². The van der Waals surface area contributed by atoms with Crippen LogP contribution in [-0.4, -0.2) is 29.4 Å². The lowest BCUT2D eigenvalue weighted by Crippen LogP contribution is -2.39. The molecule has 0 bridgehead atoms. The van der Waals surface area contributed by atoms with Crippen LogP contribution in [-0.2, 0) is 9.53 Å². The number of allylic oxidation sites excluding steroid dienone is 1. The van der Waals surface area contributed by atoms with E-state index in [1.54, 1.807) is 32.1 Å². The van der Waals surface area contributed by atoms with Crippen molar-refractivity contribution in [2.75, 3.05) is 13.7 Å². The van der Waals surface area contributed by atoms with E-state index in [-0.39, 0.29) is 23.7 Å². The molecule has 7 nitrogen and oxygen atoms in total. The number of esters is 1. The summed E-state index contributed by atoms with van der Waals surface area (Å²) in [5, 5.41) is 10.6. The van der Waals surface area contributed by atoms with Gasteiger partial charge in [-0.3, -0.25) is 9.36 Å². The lowest BCUT2D eigenvalue weighted by molar-refractivity contribution is -0.139. The highest BCUT2D eigenvalue weighted by Gasteiger charge is 2.33. The van der Waals surface area contributed by atoms with Gasteiger partial charge in [0.25, 0.3) is 5.56 Å². The predicted molar refractivity (Wildman–Crippen MR) is 137 cm³/mol. The van der Waals surface area contributed by atoms with Gasteiger partial charge in [0.2, 0.25) is 0 Å². The molecule has 1 atom stereocenters. The van der Waals surface area contributed by atoms with Gasteiger partial charge in [-0.2, -0.15) is 0 Å². The SMILES string of the molecule is CCOC(=O)C1=C(C)N=c2s/c(=C\c3cc(Br)cc(OC)c3O)c(=O)n2[C@H]1c1ccc(Br)cc1. The maximum atomic E-state index is 13.6. The van der Waals surface area contributed by atoms with Crippen molar-refractivity contribution in [1.29, 1.82) is 0 Å². The molecule has 10 heteroatoms. The number of carbonyl (C=O) groups excluding carboxylic acids is 1. The first-order valence-corrected chi connectivity index (χ1v) is 12.7. The average molecular weight is 608 g/mol. The number of rotatable bonds is 5. The van der Waals surface area contributed by atoms with Crippen LogP contribution in [0.2, 0.25) is 0 Å². The van der Waals surface area contributed by atoms with E-state index < -0.39 is 12.0 Å². The minimum absolute atomic E-state index is 0.0793. The number of aromatic hydroxyl groups is 1. The second-order valence-electron chi connectivity index (χ2n) is 7.40. The maximum Gasteiger partial charge on any atom is 0.338 e. The molecule has 2 heterocycles. The van der Waals surface area contributed by atoms with Crippen molar-refractivity contribution in [3.8, 4) is 11.5 Å². The molecule has 4 rings (SSSR count). The zero-order valence-corrected chi connectivity index (χ0v) is 22.5. The Balaban J connectivity index is 1.97. The topological polar surface area (TPSA) is 90.1 Å². The van der Waals surface area contributed by atoms with Gasteiger partial charge in [0, 0.05) is 14.5 Å². The molecule has 0 amide bonds. The zero-order valence-electron chi connectivity index (χ0n) is 18.5. The molecule has 0 saturated heterocycles. The van der Waals surface area contributed by atoms with E-state index in [4.69, 9.17) is 9.47 Å². The summed E-state index contributed by atoms with van der Waals surface area (Å²) in [6.45, 7) is 3.67. The van der Waals surface area contributed by atoms with E-state index in [1.165, 1.54) is 23.0 Å². The summed E-state index contributed by atoms with van der Waals surface area (Å²) in [6, 6.07) is 10.1. The second kappa shape index (κ2) is 9.89. The first kappa shape index (κ1) is 24.4. The Morgan fingerprint density at radius 1 is 1.24 bits per heavy atom. The minimum Gasteiger partial charge on any atom is -0.504 e. The molecule has 3 aromatic rings. The molecule has 0 saturated carbocycles. The number of aromatic nitrogens is 1. The van der Waals surface area contributed by atoms with E-state index in [0.29, 0.717) is 30.6 Å². The number of carbonyl (C=O) groups is 1. The van der Waals surface area contributed by atoms with Crippen molar-refractivity contribution < 1.29 is 19.4 Å². The number of nitrogens with zero attached hydrogens (tertiary/aromatic N) is 2. The molecule has 34 heavy (non-hydrogen) atoms. The fourth-order valence-corrected chi connectivity index (χ4v) is 5.51. The third kappa shape index (κ3) is 4.49. The Kier molecular flexibility index (Phi) is 7.11. The van der Waals surface area contributed by atoms with E-state index in [9.17, 15) is 14.7 Å². The fourth-order valence-electron chi connectivity index (χ4n) is 3.75. The van der Waals surface area contributed by atoms with Gasteiger partial charge in [-0.05, 0) is 49.8 Å². The van der Waals surface area contributed by atoms with Crippen molar-refractivity contribution in [2.45, 2.75) is 19.9 Å². The normalized spacial score (nSPS) is 15.7. The van der Waals surface area contributed by atoms with Crippen LogP contribution in [0.25, 0.3) is 6.08 Å². The highest BCUT2D eigenvalue weighted by Crippen LogP contribution is 2.34. The van der Waals surface area contributed by atoms with Gasteiger partial charge in [0.1, 0.15) is 0 Å². The van der Waals surface area contributed by atoms with Gasteiger partial charge in [0.15, 0.2) is 16.3 Å². The van der Waals surface area contributed by atoms with Gasteiger partial charge >= 0.3 is 5.97 Å². The molecular formula is C24H20Br2N2O5S. The lowest BCUT2D eigenvalue weighted by atomic mass is 9.96. The molecule has 176 valence electrons. The van der Waals surface area contributed by atoms with Crippen LogP contribution in [0.3, 0.4) is 0 Å². The summed E-state index contributed by atoms with van der Waals surface area (Å²) in [5.41, 5.74) is 1.64. The van der Waals surface area contributed by atoms with Gasteiger partial charge in [0.05, 0.1) is 35.6 Å². The summed E-state index contributed by atoms with van der Waals surface area (Å²) in [6.07, 6.45) is 1.59. The van der Waals surface area contributed by atoms with Crippen LogP contribution in [0.4, 0.5) is 0 Å². The van der Waals surface area contributed by atoms with E-state index in [0.717, 1.165) is 10.0 Å². The lowest BCUT2D eigenvalue weighted by Gasteiger charge is -2.24. The van der Waals surface area contributed by atoms with Crippen molar-refractivity contribution >= 4 is 55.2 Å². The number of phenolic OH excluding ortho intramolecular Hbond substituents is 1. The Bertz CT molecular complexity index is 1490. The summed E-state index contributed by atoms with van der Waals surface area (Å²) in [5.74, 6) is -0.314. The quantitative estimate of drug-likeness (QED) is 0.442. The van der Waals surface area contributed by atoms with E-state index >= 15 is 0 Å². The summed E-state index contributed by atoms with van der Waals surface area (Å²) in [7, 11) is 1.46. The third-order valence-corrected chi connectivity index (χ3v) is 7.25. The average Bonchev–Trinajstić information content (AvgIpc) is 3.10. The Morgan fingerprint density at radius 3 is 2.59 bits per heavy atom. The van der Waals surface area contributed by atoms with Crippen LogP contribution in [0.1, 0.15) is 31.0 Å². The number of thiazole rings is 1. The molecule has 1 aromatic heterocycles. The highest BCUT2D eigenvalue weighted by atomic mass is 79.9. The maximum absolute atomic E-state index is 13.6. The summed E-state index contributed by atoms with van der Waals surface area (Å²) >= 11 is 8.01. The molecular weight excluding hydrogens is 588 g/mol. The van der Waals surface area contributed by atoms with Crippen LogP contribution in [0, 0.1) is 0 Å². The molecule has 1 N–H and O–H groups in total. The van der Waals surface area contributed by atoms with Crippen molar-refractivity contribution in [3.63, 3.8) is 0 Å². The molecule has 0 unspecified atom stereocenters. The first-order chi connectivity index (χ1) is 16.2. The van der Waals surface area contributed by atoms with Gasteiger partial charge in [-0.15, -0.1) is 0 Å². The van der Waals surface area contributed by atoms with Crippen molar-refractivity contribution in [2.24, 2.45) is 4.99 Å². The minimum atomic E-state index is -0.698. The number of halogens is 2. The molecule has 0 fully saturated rings. The van der Waals surface area contributed by atoms with Crippen LogP contribution in [0.5, 0.6) is 11.5 Å². The highest BCUT2D eigenvalue weighted by molar-refractivity contribution is 9.10. The van der Waals surface area contributed by atoms with Crippen LogP contribution in [0.15, 0.2) is 66.4 Å². The Labute approximate surface area is 215 Å². The first-order valence-electron chi connectivity index (χ1n) is 10.3. The van der Waals surface area contributed by atoms with E-state index in [2.05, 4.69) is 36.9 Å². The van der Waals surface area contributed by atoms with Crippen LogP contribution >= 0.6 is 43.2 Å². The molecule has 2 aromatic carbocycles. The molecule has 1 aliphatic rings. The zero-order chi connectivity index (χ0) is 24.6. The van der Waals surface area contributed by atoms with Crippen molar-refractivity contribution in [1.82, 2.24) is 4.57 Å².